The number of hydrogen-bond donors (Lipinski definition) is 0. The Balaban J connectivity index is 2.40. The van der Waals surface area contributed by atoms with Crippen LogP contribution in [0.4, 0.5) is 0 Å². The lowest BCUT2D eigenvalue weighted by Crippen LogP contribution is -2.23. The number of rotatable bonds is 5. The normalized spacial score (nSPS) is 11.1. The number of halogens is 2. The summed E-state index contributed by atoms with van der Waals surface area (Å²) in [6, 6.07) is 4.82. The SMILES string of the molecule is CC(C)(C)OC(=O)CCCC(=O)Oc1c(Cl)cccc1Cl. The lowest BCUT2D eigenvalue weighted by atomic mass is 10.2. The summed E-state index contributed by atoms with van der Waals surface area (Å²) < 4.78 is 10.2. The highest BCUT2D eigenvalue weighted by atomic mass is 35.5. The van der Waals surface area contributed by atoms with Gasteiger partial charge in [-0.25, -0.2) is 0 Å². The summed E-state index contributed by atoms with van der Waals surface area (Å²) in [7, 11) is 0. The Morgan fingerprint density at radius 2 is 1.57 bits per heavy atom. The molecule has 6 heteroatoms. The summed E-state index contributed by atoms with van der Waals surface area (Å²) in [4.78, 5) is 23.2. The number of ether oxygens (including phenoxy) is 2. The van der Waals surface area contributed by atoms with Crippen molar-refractivity contribution >= 4 is 35.1 Å². The lowest BCUT2D eigenvalue weighted by Gasteiger charge is -2.19. The molecule has 0 aliphatic rings. The average molecular weight is 333 g/mol. The van der Waals surface area contributed by atoms with Gasteiger partial charge in [-0.2, -0.15) is 0 Å². The molecule has 0 aliphatic carbocycles. The van der Waals surface area contributed by atoms with Crippen molar-refractivity contribution in [3.8, 4) is 5.75 Å². The van der Waals surface area contributed by atoms with Crippen LogP contribution in [0.25, 0.3) is 0 Å². The molecule has 0 radical (unpaired) electrons. The average Bonchev–Trinajstić information content (AvgIpc) is 2.31. The van der Waals surface area contributed by atoms with Crippen molar-refractivity contribution in [1.29, 1.82) is 0 Å². The van der Waals surface area contributed by atoms with Crippen molar-refractivity contribution in [3.63, 3.8) is 0 Å². The molecule has 0 aromatic heterocycles. The van der Waals surface area contributed by atoms with Crippen LogP contribution in [0.15, 0.2) is 18.2 Å². The van der Waals surface area contributed by atoms with Crippen molar-refractivity contribution in [2.24, 2.45) is 0 Å². The summed E-state index contributed by atoms with van der Waals surface area (Å²) in [5, 5.41) is 0.533. The van der Waals surface area contributed by atoms with Crippen LogP contribution in [0.2, 0.25) is 10.0 Å². The van der Waals surface area contributed by atoms with E-state index in [-0.39, 0.29) is 34.6 Å². The molecule has 0 atom stereocenters. The van der Waals surface area contributed by atoms with Crippen molar-refractivity contribution in [2.45, 2.75) is 45.6 Å². The second-order valence-electron chi connectivity index (χ2n) is 5.46. The molecule has 0 fully saturated rings. The van der Waals surface area contributed by atoms with E-state index >= 15 is 0 Å². The van der Waals surface area contributed by atoms with Crippen LogP contribution in [-0.2, 0) is 14.3 Å². The molecule has 0 spiro atoms. The molecule has 0 amide bonds. The van der Waals surface area contributed by atoms with Gasteiger partial charge in [0.05, 0.1) is 10.0 Å². The molecule has 0 aliphatic heterocycles. The predicted octanol–water partition coefficient (Wildman–Crippen LogP) is 4.41. The van der Waals surface area contributed by atoms with Crippen LogP contribution < -0.4 is 4.74 Å². The molecule has 1 aromatic rings. The molecule has 1 aromatic carbocycles. The third-order valence-electron chi connectivity index (χ3n) is 2.32. The molecule has 1 rings (SSSR count). The minimum absolute atomic E-state index is 0.0841. The van der Waals surface area contributed by atoms with Gasteiger partial charge in [0.2, 0.25) is 0 Å². The Hall–Kier alpha value is -1.26. The van der Waals surface area contributed by atoms with Gasteiger partial charge in [-0.15, -0.1) is 0 Å². The topological polar surface area (TPSA) is 52.6 Å². The fourth-order valence-electron chi connectivity index (χ4n) is 1.51. The van der Waals surface area contributed by atoms with Crippen molar-refractivity contribution < 1.29 is 19.1 Å². The second kappa shape index (κ2) is 7.66. The molecule has 0 unspecified atom stereocenters. The smallest absolute Gasteiger partial charge is 0.311 e. The zero-order valence-corrected chi connectivity index (χ0v) is 13.8. The summed E-state index contributed by atoms with van der Waals surface area (Å²) >= 11 is 11.8. The molecule has 21 heavy (non-hydrogen) atoms. The highest BCUT2D eigenvalue weighted by Crippen LogP contribution is 2.32. The van der Waals surface area contributed by atoms with Gasteiger partial charge in [0.1, 0.15) is 5.60 Å². The third kappa shape index (κ3) is 6.82. The minimum Gasteiger partial charge on any atom is -0.460 e. The van der Waals surface area contributed by atoms with Gasteiger partial charge >= 0.3 is 11.9 Å². The molecule has 0 bridgehead atoms. The minimum atomic E-state index is -0.525. The quantitative estimate of drug-likeness (QED) is 0.592. The first kappa shape index (κ1) is 17.8. The van der Waals surface area contributed by atoms with Crippen LogP contribution in [0.5, 0.6) is 5.75 Å². The standard InChI is InChI=1S/C15H18Cl2O4/c1-15(2,3)21-13(19)9-5-8-12(18)20-14-10(16)6-4-7-11(14)17/h4,6-7H,5,8-9H2,1-3H3. The van der Waals surface area contributed by atoms with Crippen molar-refractivity contribution in [1.82, 2.24) is 0 Å². The number of esters is 2. The van der Waals surface area contributed by atoms with Gasteiger partial charge in [-0.05, 0) is 39.3 Å². The second-order valence-corrected chi connectivity index (χ2v) is 6.28. The number of para-hydroxylation sites is 1. The fraction of sp³-hybridized carbons (Fsp3) is 0.467. The van der Waals surface area contributed by atoms with Crippen LogP contribution in [-0.4, -0.2) is 17.5 Å². The molecule has 4 nitrogen and oxygen atoms in total. The van der Waals surface area contributed by atoms with Crippen molar-refractivity contribution in [2.75, 3.05) is 0 Å². The Kier molecular flexibility index (Phi) is 6.49. The fourth-order valence-corrected chi connectivity index (χ4v) is 1.99. The van der Waals surface area contributed by atoms with E-state index < -0.39 is 11.6 Å². The number of carbonyl (C=O) groups is 2. The molecule has 0 N–H and O–H groups in total. The van der Waals surface area contributed by atoms with E-state index in [2.05, 4.69) is 0 Å². The van der Waals surface area contributed by atoms with Gasteiger partial charge < -0.3 is 9.47 Å². The Labute approximate surface area is 134 Å². The number of benzene rings is 1. The Bertz CT molecular complexity index is 501. The maximum Gasteiger partial charge on any atom is 0.311 e. The maximum absolute atomic E-state index is 11.7. The van der Waals surface area contributed by atoms with E-state index in [1.165, 1.54) is 0 Å². The summed E-state index contributed by atoms with van der Waals surface area (Å²) in [5.74, 6) is -0.692. The molecular weight excluding hydrogens is 315 g/mol. The third-order valence-corrected chi connectivity index (χ3v) is 2.91. The van der Waals surface area contributed by atoms with Gasteiger partial charge in [-0.3, -0.25) is 9.59 Å². The van der Waals surface area contributed by atoms with E-state index in [9.17, 15) is 9.59 Å². The highest BCUT2D eigenvalue weighted by Gasteiger charge is 2.17. The maximum atomic E-state index is 11.7. The Morgan fingerprint density at radius 1 is 1.05 bits per heavy atom. The predicted molar refractivity (Wildman–Crippen MR) is 81.8 cm³/mol. The largest absolute Gasteiger partial charge is 0.460 e. The first-order valence-electron chi connectivity index (χ1n) is 6.55. The monoisotopic (exact) mass is 332 g/mol. The number of carbonyl (C=O) groups excluding carboxylic acids is 2. The van der Waals surface area contributed by atoms with Gasteiger partial charge in [-0.1, -0.05) is 29.3 Å². The van der Waals surface area contributed by atoms with E-state index in [4.69, 9.17) is 32.7 Å². The molecule has 116 valence electrons. The van der Waals surface area contributed by atoms with Gasteiger partial charge in [0.25, 0.3) is 0 Å². The van der Waals surface area contributed by atoms with Crippen LogP contribution in [0.1, 0.15) is 40.0 Å². The summed E-state index contributed by atoms with van der Waals surface area (Å²) in [5.41, 5.74) is -0.525. The van der Waals surface area contributed by atoms with Crippen LogP contribution in [0.3, 0.4) is 0 Å². The lowest BCUT2D eigenvalue weighted by molar-refractivity contribution is -0.154. The highest BCUT2D eigenvalue weighted by molar-refractivity contribution is 6.37. The summed E-state index contributed by atoms with van der Waals surface area (Å²) in [6.45, 7) is 5.37. The van der Waals surface area contributed by atoms with Gasteiger partial charge in [0.15, 0.2) is 5.75 Å². The van der Waals surface area contributed by atoms with Crippen molar-refractivity contribution in [3.05, 3.63) is 28.2 Å². The summed E-state index contributed by atoms with van der Waals surface area (Å²) in [6.07, 6.45) is 0.583. The van der Waals surface area contributed by atoms with E-state index in [0.29, 0.717) is 6.42 Å². The zero-order valence-electron chi connectivity index (χ0n) is 12.2. The van der Waals surface area contributed by atoms with Crippen LogP contribution in [0, 0.1) is 0 Å². The van der Waals surface area contributed by atoms with E-state index in [1.54, 1.807) is 39.0 Å². The van der Waals surface area contributed by atoms with E-state index in [0.717, 1.165) is 0 Å². The van der Waals surface area contributed by atoms with Crippen LogP contribution >= 0.6 is 23.2 Å². The molecule has 0 saturated heterocycles. The van der Waals surface area contributed by atoms with E-state index in [1.807, 2.05) is 0 Å². The van der Waals surface area contributed by atoms with Gasteiger partial charge in [0, 0.05) is 12.8 Å². The first-order valence-corrected chi connectivity index (χ1v) is 7.31. The molecular formula is C15H18Cl2O4. The molecule has 0 saturated carbocycles. The molecule has 0 heterocycles. The zero-order chi connectivity index (χ0) is 16.0. The Morgan fingerprint density at radius 3 is 2.10 bits per heavy atom. The first-order chi connectivity index (χ1) is 9.69. The number of hydrogen-bond acceptors (Lipinski definition) is 4.